The summed E-state index contributed by atoms with van der Waals surface area (Å²) in [7, 11) is -4.24. The zero-order valence-corrected chi connectivity index (χ0v) is 20.8. The van der Waals surface area contributed by atoms with E-state index in [1.165, 1.54) is 6.20 Å². The summed E-state index contributed by atoms with van der Waals surface area (Å²) < 4.78 is 47.9. The summed E-state index contributed by atoms with van der Waals surface area (Å²) in [6.07, 6.45) is 1.29. The molecule has 33 heavy (non-hydrogen) atoms. The van der Waals surface area contributed by atoms with Gasteiger partial charge >= 0.3 is 0 Å². The quantitative estimate of drug-likeness (QED) is 0.404. The fourth-order valence-electron chi connectivity index (χ4n) is 3.32. The lowest BCUT2D eigenvalue weighted by atomic mass is 10.1. The molecule has 7 nitrogen and oxygen atoms in total. The van der Waals surface area contributed by atoms with Gasteiger partial charge in [0, 0.05) is 30.3 Å². The molecule has 0 radical (unpaired) electrons. The smallest absolute Gasteiger partial charge is 0.266 e. The van der Waals surface area contributed by atoms with Gasteiger partial charge < -0.3 is 15.0 Å². The van der Waals surface area contributed by atoms with Gasteiger partial charge in [-0.15, -0.1) is 0 Å². The molecule has 2 N–H and O–H groups in total. The Labute approximate surface area is 209 Å². The van der Waals surface area contributed by atoms with E-state index in [-0.39, 0.29) is 15.8 Å². The van der Waals surface area contributed by atoms with Gasteiger partial charge in [-0.1, -0.05) is 52.2 Å². The molecule has 4 rings (SSSR count). The van der Waals surface area contributed by atoms with Crippen LogP contribution in [0.1, 0.15) is 5.56 Å². The van der Waals surface area contributed by atoms with Crippen LogP contribution in [0, 0.1) is 5.82 Å². The first-order valence-electron chi connectivity index (χ1n) is 9.71. The molecule has 1 aliphatic rings. The van der Waals surface area contributed by atoms with Gasteiger partial charge in [-0.3, -0.25) is 4.72 Å². The highest BCUT2D eigenvalue weighted by molar-refractivity contribution is 7.93. The normalized spacial score (nSPS) is 14.4. The zero-order valence-electron chi connectivity index (χ0n) is 16.9. The molecule has 176 valence electrons. The van der Waals surface area contributed by atoms with Crippen LogP contribution in [-0.2, 0) is 21.3 Å². The summed E-state index contributed by atoms with van der Waals surface area (Å²) >= 11 is 19.2. The third-order valence-corrected chi connectivity index (χ3v) is 7.94. The number of morpholine rings is 1. The third kappa shape index (κ3) is 5.82. The second kappa shape index (κ2) is 10.2. The van der Waals surface area contributed by atoms with Gasteiger partial charge in [-0.05, 0) is 29.8 Å². The topological polar surface area (TPSA) is 83.6 Å². The van der Waals surface area contributed by atoms with E-state index in [0.717, 1.165) is 47.8 Å². The van der Waals surface area contributed by atoms with Gasteiger partial charge in [-0.25, -0.2) is 17.8 Å². The average Bonchev–Trinajstić information content (AvgIpc) is 3.18. The SMILES string of the molecule is O=S(=O)(Nc1ncc(Cl)s1)c1cc(Cl)c(NCc2ccc(Cl)cc2N2CCOCC2)cc1F. The van der Waals surface area contributed by atoms with Crippen LogP contribution in [0.25, 0.3) is 0 Å². The van der Waals surface area contributed by atoms with Gasteiger partial charge in [0.15, 0.2) is 5.13 Å². The fraction of sp³-hybridized carbons (Fsp3) is 0.250. The molecule has 2 heterocycles. The number of thiazole rings is 1. The number of rotatable bonds is 7. The first-order chi connectivity index (χ1) is 15.7. The first-order valence-corrected chi connectivity index (χ1v) is 13.1. The Morgan fingerprint density at radius 3 is 2.61 bits per heavy atom. The molecule has 2 aromatic carbocycles. The van der Waals surface area contributed by atoms with Crippen LogP contribution in [0.2, 0.25) is 14.4 Å². The lowest BCUT2D eigenvalue weighted by Crippen LogP contribution is -2.36. The van der Waals surface area contributed by atoms with Crippen LogP contribution in [0.5, 0.6) is 0 Å². The second-order valence-electron chi connectivity index (χ2n) is 7.06. The van der Waals surface area contributed by atoms with Gasteiger partial charge in [0.25, 0.3) is 10.0 Å². The van der Waals surface area contributed by atoms with Crippen molar-refractivity contribution in [2.45, 2.75) is 11.4 Å². The number of anilines is 3. The van der Waals surface area contributed by atoms with Gasteiger partial charge in [0.1, 0.15) is 15.0 Å². The largest absolute Gasteiger partial charge is 0.380 e. The van der Waals surface area contributed by atoms with Crippen LogP contribution >= 0.6 is 46.1 Å². The number of aromatic nitrogens is 1. The van der Waals surface area contributed by atoms with Gasteiger partial charge in [-0.2, -0.15) is 0 Å². The van der Waals surface area contributed by atoms with Crippen molar-refractivity contribution in [3.63, 3.8) is 0 Å². The second-order valence-corrected chi connectivity index (χ2v) is 11.2. The summed E-state index contributed by atoms with van der Waals surface area (Å²) in [6, 6.07) is 7.64. The molecule has 3 aromatic rings. The van der Waals surface area contributed by atoms with Crippen molar-refractivity contribution in [2.75, 3.05) is 41.2 Å². The van der Waals surface area contributed by atoms with Crippen molar-refractivity contribution in [3.8, 4) is 0 Å². The summed E-state index contributed by atoms with van der Waals surface area (Å²) in [4.78, 5) is 5.39. The van der Waals surface area contributed by atoms with Crippen LogP contribution < -0.4 is 14.9 Å². The minimum atomic E-state index is -4.24. The molecule has 1 saturated heterocycles. The van der Waals surface area contributed by atoms with E-state index in [1.54, 1.807) is 6.07 Å². The van der Waals surface area contributed by atoms with E-state index in [2.05, 4.69) is 19.9 Å². The van der Waals surface area contributed by atoms with Gasteiger partial charge in [0.05, 0.1) is 30.1 Å². The minimum absolute atomic E-state index is 0.0242. The van der Waals surface area contributed by atoms with E-state index in [9.17, 15) is 12.8 Å². The lowest BCUT2D eigenvalue weighted by Gasteiger charge is -2.31. The number of hydrogen-bond acceptors (Lipinski definition) is 7. The highest BCUT2D eigenvalue weighted by Gasteiger charge is 2.23. The van der Waals surface area contributed by atoms with Crippen molar-refractivity contribution in [1.29, 1.82) is 0 Å². The van der Waals surface area contributed by atoms with Crippen molar-refractivity contribution in [1.82, 2.24) is 4.98 Å². The maximum absolute atomic E-state index is 14.8. The Balaban J connectivity index is 1.54. The molecule has 1 fully saturated rings. The molecule has 0 atom stereocenters. The lowest BCUT2D eigenvalue weighted by molar-refractivity contribution is 0.122. The predicted molar refractivity (Wildman–Crippen MR) is 131 cm³/mol. The first kappa shape index (κ1) is 24.3. The van der Waals surface area contributed by atoms with Crippen molar-refractivity contribution in [2.24, 2.45) is 0 Å². The van der Waals surface area contributed by atoms with E-state index < -0.39 is 20.7 Å². The predicted octanol–water partition coefficient (Wildman–Crippen LogP) is 5.49. The molecular formula is C20H18Cl3FN4O3S2. The molecule has 0 amide bonds. The van der Waals surface area contributed by atoms with Crippen LogP contribution in [0.15, 0.2) is 41.4 Å². The minimum Gasteiger partial charge on any atom is -0.380 e. The highest BCUT2D eigenvalue weighted by Crippen LogP contribution is 2.32. The van der Waals surface area contributed by atoms with Crippen molar-refractivity contribution in [3.05, 3.63) is 62.3 Å². The number of nitrogens with zero attached hydrogens (tertiary/aromatic N) is 2. The van der Waals surface area contributed by atoms with Crippen molar-refractivity contribution >= 4 is 72.7 Å². The van der Waals surface area contributed by atoms with E-state index in [0.29, 0.717) is 29.1 Å². The summed E-state index contributed by atoms with van der Waals surface area (Å²) in [5, 5.41) is 3.77. The van der Waals surface area contributed by atoms with E-state index in [1.807, 2.05) is 12.1 Å². The third-order valence-electron chi connectivity index (χ3n) is 4.88. The number of nitrogens with one attached hydrogen (secondary N) is 2. The van der Waals surface area contributed by atoms with Crippen LogP contribution in [0.4, 0.5) is 20.9 Å². The monoisotopic (exact) mass is 550 g/mol. The molecule has 1 aromatic heterocycles. The Bertz CT molecular complexity index is 1270. The zero-order chi connectivity index (χ0) is 23.6. The number of sulfonamides is 1. The molecule has 13 heteroatoms. The molecule has 0 bridgehead atoms. The highest BCUT2D eigenvalue weighted by atomic mass is 35.5. The molecule has 0 unspecified atom stereocenters. The number of ether oxygens (including phenoxy) is 1. The Morgan fingerprint density at radius 2 is 1.91 bits per heavy atom. The number of halogens is 4. The number of benzene rings is 2. The Kier molecular flexibility index (Phi) is 7.52. The van der Waals surface area contributed by atoms with E-state index >= 15 is 0 Å². The Morgan fingerprint density at radius 1 is 1.15 bits per heavy atom. The maximum atomic E-state index is 14.8. The molecule has 0 aliphatic carbocycles. The van der Waals surface area contributed by atoms with Crippen molar-refractivity contribution < 1.29 is 17.5 Å². The molecular weight excluding hydrogens is 534 g/mol. The van der Waals surface area contributed by atoms with E-state index in [4.69, 9.17) is 39.5 Å². The standard InChI is InChI=1S/C20H18Cl3FN4O3S2/c21-13-2-1-12(17(7-13)28-3-5-31-6-4-28)10-25-16-9-15(24)18(8-14(16)22)33(29,30)27-20-26-11-19(23)32-20/h1-2,7-9,11,25H,3-6,10H2,(H,26,27). The summed E-state index contributed by atoms with van der Waals surface area (Å²) in [6.45, 7) is 3.02. The summed E-state index contributed by atoms with van der Waals surface area (Å²) in [5.41, 5.74) is 2.13. The fourth-order valence-corrected chi connectivity index (χ4v) is 5.92. The molecule has 0 spiro atoms. The Hall–Kier alpha value is -1.82. The maximum Gasteiger partial charge on any atom is 0.266 e. The number of hydrogen-bond donors (Lipinski definition) is 2. The van der Waals surface area contributed by atoms with Crippen LogP contribution in [-0.4, -0.2) is 39.7 Å². The van der Waals surface area contributed by atoms with Crippen LogP contribution in [0.3, 0.4) is 0 Å². The van der Waals surface area contributed by atoms with Gasteiger partial charge in [0.2, 0.25) is 0 Å². The average molecular weight is 552 g/mol. The molecule has 0 saturated carbocycles. The summed E-state index contributed by atoms with van der Waals surface area (Å²) in [5.74, 6) is -0.957. The molecule has 1 aliphatic heterocycles.